The van der Waals surface area contributed by atoms with Gasteiger partial charge in [0.2, 0.25) is 5.78 Å². The van der Waals surface area contributed by atoms with E-state index in [-0.39, 0.29) is 10.9 Å². The molecular formula is C13H7ClN2OS. The summed E-state index contributed by atoms with van der Waals surface area (Å²) in [7, 11) is 0. The lowest BCUT2D eigenvalue weighted by atomic mass is 10.2. The van der Waals surface area contributed by atoms with E-state index in [1.54, 1.807) is 18.3 Å². The normalized spacial score (nSPS) is 10.7. The molecule has 5 heteroatoms. The smallest absolute Gasteiger partial charge is 0.224 e. The molecule has 18 heavy (non-hydrogen) atoms. The molecule has 0 bridgehead atoms. The highest BCUT2D eigenvalue weighted by Gasteiger charge is 2.17. The third-order valence-corrected chi connectivity index (χ3v) is 3.83. The maximum atomic E-state index is 12.3. The van der Waals surface area contributed by atoms with Gasteiger partial charge >= 0.3 is 0 Å². The summed E-state index contributed by atoms with van der Waals surface area (Å²) in [5, 5.41) is 0.646. The zero-order chi connectivity index (χ0) is 12.5. The second-order valence-corrected chi connectivity index (χ2v) is 5.05. The van der Waals surface area contributed by atoms with Gasteiger partial charge in [-0.2, -0.15) is 0 Å². The molecule has 0 saturated heterocycles. The van der Waals surface area contributed by atoms with Crippen molar-refractivity contribution in [3.05, 3.63) is 58.3 Å². The van der Waals surface area contributed by atoms with Crippen molar-refractivity contribution in [1.82, 2.24) is 9.97 Å². The van der Waals surface area contributed by atoms with Gasteiger partial charge in [-0.05, 0) is 24.3 Å². The van der Waals surface area contributed by atoms with E-state index >= 15 is 0 Å². The Morgan fingerprint density at radius 1 is 1.17 bits per heavy atom. The summed E-state index contributed by atoms with van der Waals surface area (Å²) in [6.45, 7) is 0. The fourth-order valence-corrected chi connectivity index (χ4v) is 2.76. The minimum Gasteiger partial charge on any atom is -0.286 e. The van der Waals surface area contributed by atoms with Gasteiger partial charge in [-0.3, -0.25) is 4.79 Å². The molecule has 88 valence electrons. The van der Waals surface area contributed by atoms with E-state index < -0.39 is 0 Å². The first-order chi connectivity index (χ1) is 8.75. The van der Waals surface area contributed by atoms with Crippen LogP contribution >= 0.6 is 22.9 Å². The van der Waals surface area contributed by atoms with Gasteiger partial charge in [0.05, 0.1) is 15.8 Å². The number of nitrogens with zero attached hydrogens (tertiary/aromatic N) is 2. The molecule has 0 aliphatic rings. The van der Waals surface area contributed by atoms with Crippen molar-refractivity contribution < 1.29 is 4.79 Å². The van der Waals surface area contributed by atoms with E-state index in [1.807, 2.05) is 24.3 Å². The lowest BCUT2D eigenvalue weighted by Gasteiger charge is -1.98. The quantitative estimate of drug-likeness (QED) is 0.530. The Balaban J connectivity index is 2.10. The Hall–Kier alpha value is -1.78. The van der Waals surface area contributed by atoms with Crippen LogP contribution in [-0.2, 0) is 0 Å². The minimum absolute atomic E-state index is 0.186. The molecule has 0 spiro atoms. The standard InChI is InChI=1S/C13H7ClN2OS/c14-12-8(4-3-7-15-12)11(17)13-16-9-5-1-2-6-10(9)18-13/h1-7H. The summed E-state index contributed by atoms with van der Waals surface area (Å²) in [6, 6.07) is 11.0. The zero-order valence-corrected chi connectivity index (χ0v) is 10.7. The van der Waals surface area contributed by atoms with Crippen molar-refractivity contribution >= 4 is 38.9 Å². The van der Waals surface area contributed by atoms with Crippen LogP contribution in [0.4, 0.5) is 0 Å². The van der Waals surface area contributed by atoms with Crippen molar-refractivity contribution in [2.45, 2.75) is 0 Å². The van der Waals surface area contributed by atoms with Gasteiger partial charge in [-0.25, -0.2) is 9.97 Å². The molecule has 0 N–H and O–H groups in total. The Morgan fingerprint density at radius 3 is 2.78 bits per heavy atom. The van der Waals surface area contributed by atoms with Crippen molar-refractivity contribution in [3.8, 4) is 0 Å². The Kier molecular flexibility index (Phi) is 2.81. The number of para-hydroxylation sites is 1. The molecule has 0 atom stereocenters. The summed E-state index contributed by atoms with van der Waals surface area (Å²) in [5.74, 6) is -0.186. The summed E-state index contributed by atoms with van der Waals surface area (Å²) in [6.07, 6.45) is 1.55. The van der Waals surface area contributed by atoms with Crippen molar-refractivity contribution in [2.24, 2.45) is 0 Å². The average Bonchev–Trinajstić information content (AvgIpc) is 2.82. The molecule has 0 aliphatic carbocycles. The van der Waals surface area contributed by atoms with Crippen LogP contribution in [0.3, 0.4) is 0 Å². The molecule has 3 nitrogen and oxygen atoms in total. The molecule has 0 fully saturated rings. The monoisotopic (exact) mass is 274 g/mol. The van der Waals surface area contributed by atoms with Crippen LogP contribution in [0.5, 0.6) is 0 Å². The first-order valence-corrected chi connectivity index (χ1v) is 6.46. The van der Waals surface area contributed by atoms with Crippen LogP contribution < -0.4 is 0 Å². The molecule has 0 radical (unpaired) electrons. The van der Waals surface area contributed by atoms with E-state index in [0.717, 1.165) is 10.2 Å². The maximum Gasteiger partial charge on any atom is 0.224 e. The molecule has 0 amide bonds. The fraction of sp³-hybridized carbons (Fsp3) is 0. The third-order valence-electron chi connectivity index (χ3n) is 2.49. The number of hydrogen-bond acceptors (Lipinski definition) is 4. The SMILES string of the molecule is O=C(c1nc2ccccc2s1)c1cccnc1Cl. The van der Waals surface area contributed by atoms with Crippen LogP contribution in [0.1, 0.15) is 15.4 Å². The predicted molar refractivity (Wildman–Crippen MR) is 72.3 cm³/mol. The second-order valence-electron chi connectivity index (χ2n) is 3.66. The maximum absolute atomic E-state index is 12.3. The van der Waals surface area contributed by atoms with Crippen LogP contribution in [0.2, 0.25) is 5.15 Å². The summed E-state index contributed by atoms with van der Waals surface area (Å²) in [4.78, 5) is 20.5. The van der Waals surface area contributed by atoms with Gasteiger partial charge in [0.15, 0.2) is 5.01 Å². The summed E-state index contributed by atoms with van der Waals surface area (Å²) in [5.41, 5.74) is 1.21. The highest BCUT2D eigenvalue weighted by molar-refractivity contribution is 7.20. The van der Waals surface area contributed by atoms with Gasteiger partial charge in [0.25, 0.3) is 0 Å². The first-order valence-electron chi connectivity index (χ1n) is 5.26. The van der Waals surface area contributed by atoms with Gasteiger partial charge in [-0.15, -0.1) is 11.3 Å². The minimum atomic E-state index is -0.186. The second kappa shape index (κ2) is 4.48. The summed E-state index contributed by atoms with van der Waals surface area (Å²) >= 11 is 7.27. The molecule has 0 unspecified atom stereocenters. The van der Waals surface area contributed by atoms with Crippen molar-refractivity contribution in [1.29, 1.82) is 0 Å². The number of fused-ring (bicyclic) bond motifs is 1. The van der Waals surface area contributed by atoms with Crippen LogP contribution in [0.15, 0.2) is 42.6 Å². The molecule has 3 aromatic rings. The zero-order valence-electron chi connectivity index (χ0n) is 9.13. The van der Waals surface area contributed by atoms with Crippen LogP contribution in [0.25, 0.3) is 10.2 Å². The van der Waals surface area contributed by atoms with E-state index in [2.05, 4.69) is 9.97 Å². The fourth-order valence-electron chi connectivity index (χ4n) is 1.64. The molecule has 2 aromatic heterocycles. The number of pyridine rings is 1. The topological polar surface area (TPSA) is 42.9 Å². The number of hydrogen-bond donors (Lipinski definition) is 0. The number of thiazole rings is 1. The number of halogens is 1. The lowest BCUT2D eigenvalue weighted by Crippen LogP contribution is -2.02. The van der Waals surface area contributed by atoms with Gasteiger partial charge in [-0.1, -0.05) is 23.7 Å². The Bertz CT molecular complexity index is 705. The van der Waals surface area contributed by atoms with Crippen LogP contribution in [-0.4, -0.2) is 15.8 Å². The molecule has 1 aromatic carbocycles. The van der Waals surface area contributed by atoms with Crippen LogP contribution in [0, 0.1) is 0 Å². The molecular weight excluding hydrogens is 268 g/mol. The number of carbonyl (C=O) groups is 1. The first kappa shape index (κ1) is 11.3. The third kappa shape index (κ3) is 1.89. The Labute approximate surface area is 112 Å². The largest absolute Gasteiger partial charge is 0.286 e. The molecule has 2 heterocycles. The highest BCUT2D eigenvalue weighted by Crippen LogP contribution is 2.25. The van der Waals surface area contributed by atoms with E-state index in [1.165, 1.54) is 11.3 Å². The number of carbonyl (C=O) groups excluding carboxylic acids is 1. The number of ketones is 1. The highest BCUT2D eigenvalue weighted by atomic mass is 35.5. The number of rotatable bonds is 2. The molecule has 0 aliphatic heterocycles. The van der Waals surface area contributed by atoms with Gasteiger partial charge in [0, 0.05) is 6.20 Å². The van der Waals surface area contributed by atoms with E-state index in [4.69, 9.17) is 11.6 Å². The Morgan fingerprint density at radius 2 is 2.00 bits per heavy atom. The van der Waals surface area contributed by atoms with Crippen molar-refractivity contribution in [3.63, 3.8) is 0 Å². The predicted octanol–water partition coefficient (Wildman–Crippen LogP) is 3.58. The van der Waals surface area contributed by atoms with E-state index in [9.17, 15) is 4.79 Å². The number of benzene rings is 1. The van der Waals surface area contributed by atoms with E-state index in [0.29, 0.717) is 10.6 Å². The number of aromatic nitrogens is 2. The average molecular weight is 275 g/mol. The molecule has 3 rings (SSSR count). The van der Waals surface area contributed by atoms with Gasteiger partial charge in [0.1, 0.15) is 5.15 Å². The lowest BCUT2D eigenvalue weighted by molar-refractivity contribution is 0.103. The van der Waals surface area contributed by atoms with Crippen molar-refractivity contribution in [2.75, 3.05) is 0 Å². The summed E-state index contributed by atoms with van der Waals surface area (Å²) < 4.78 is 0.987. The molecule has 0 saturated carbocycles. The van der Waals surface area contributed by atoms with Gasteiger partial charge < -0.3 is 0 Å².